The van der Waals surface area contributed by atoms with Crippen LogP contribution in [0.15, 0.2) is 82.1 Å². The first-order valence-electron chi connectivity index (χ1n) is 12.1. The van der Waals surface area contributed by atoms with Gasteiger partial charge in [-0.05, 0) is 67.3 Å². The Labute approximate surface area is 221 Å². The summed E-state index contributed by atoms with van der Waals surface area (Å²) in [5.74, 6) is -0.122. The zero-order valence-electron chi connectivity index (χ0n) is 21.8. The summed E-state index contributed by atoms with van der Waals surface area (Å²) in [6.45, 7) is 9.50. The molecule has 4 aromatic rings. The van der Waals surface area contributed by atoms with Crippen LogP contribution in [0, 0.1) is 6.92 Å². The van der Waals surface area contributed by atoms with Gasteiger partial charge in [0.25, 0.3) is 10.0 Å². The van der Waals surface area contributed by atoms with Gasteiger partial charge in [-0.25, -0.2) is 18.0 Å². The highest BCUT2D eigenvalue weighted by atomic mass is 32.2. The van der Waals surface area contributed by atoms with E-state index in [1.165, 1.54) is 30.3 Å². The first-order valence-corrected chi connectivity index (χ1v) is 13.5. The minimum absolute atomic E-state index is 0.0234. The molecule has 0 aliphatic carbocycles. The molecular weight excluding hydrogens is 506 g/mol. The van der Waals surface area contributed by atoms with Crippen LogP contribution in [0.1, 0.15) is 49.4 Å². The van der Waals surface area contributed by atoms with Crippen LogP contribution in [-0.2, 0) is 20.2 Å². The molecule has 4 rings (SSSR count). The van der Waals surface area contributed by atoms with E-state index in [4.69, 9.17) is 13.9 Å². The minimum atomic E-state index is -4.43. The van der Waals surface area contributed by atoms with Crippen LogP contribution in [0.5, 0.6) is 5.75 Å². The van der Waals surface area contributed by atoms with Gasteiger partial charge >= 0.3 is 12.1 Å². The van der Waals surface area contributed by atoms with Crippen LogP contribution < -0.4 is 9.04 Å². The Morgan fingerprint density at radius 2 is 1.61 bits per heavy atom. The van der Waals surface area contributed by atoms with Gasteiger partial charge in [-0.3, -0.25) is 0 Å². The van der Waals surface area contributed by atoms with Crippen LogP contribution in [0.25, 0.3) is 11.0 Å². The molecule has 0 unspecified atom stereocenters. The molecule has 0 fully saturated rings. The molecule has 1 amide bonds. The molecule has 1 heterocycles. The van der Waals surface area contributed by atoms with E-state index in [1.54, 1.807) is 56.3 Å². The summed E-state index contributed by atoms with van der Waals surface area (Å²) in [7, 11) is -4.43. The molecular formula is C29H29NO7S. The Hall–Kier alpha value is -4.11. The van der Waals surface area contributed by atoms with Crippen molar-refractivity contribution in [3.05, 3.63) is 89.7 Å². The van der Waals surface area contributed by atoms with Crippen LogP contribution in [0.3, 0.4) is 0 Å². The maximum Gasteiger partial charge on any atom is 0.434 e. The third-order valence-electron chi connectivity index (χ3n) is 5.93. The number of anilines is 1. The molecule has 38 heavy (non-hydrogen) atoms. The molecule has 0 aliphatic heterocycles. The summed E-state index contributed by atoms with van der Waals surface area (Å²) < 4.78 is 44.7. The van der Waals surface area contributed by atoms with Crippen molar-refractivity contribution in [2.24, 2.45) is 0 Å². The third-order valence-corrected chi connectivity index (χ3v) is 7.64. The highest BCUT2D eigenvalue weighted by Crippen LogP contribution is 2.34. The van der Waals surface area contributed by atoms with Gasteiger partial charge in [0, 0.05) is 5.39 Å². The van der Waals surface area contributed by atoms with Crippen LogP contribution >= 0.6 is 0 Å². The number of hydrogen-bond donors (Lipinski definition) is 0. The molecule has 9 heteroatoms. The van der Waals surface area contributed by atoms with Gasteiger partial charge in [-0.1, -0.05) is 51.1 Å². The van der Waals surface area contributed by atoms with E-state index in [9.17, 15) is 18.0 Å². The molecule has 0 N–H and O–H groups in total. The second-order valence-corrected chi connectivity index (χ2v) is 11.4. The smallest absolute Gasteiger partial charge is 0.434 e. The second kappa shape index (κ2) is 10.3. The molecule has 0 spiro atoms. The number of fused-ring (bicyclic) bond motifs is 1. The van der Waals surface area contributed by atoms with E-state index in [0.717, 1.165) is 5.56 Å². The van der Waals surface area contributed by atoms with Gasteiger partial charge in [0.15, 0.2) is 0 Å². The van der Waals surface area contributed by atoms with Gasteiger partial charge in [0.05, 0.1) is 17.2 Å². The maximum absolute atomic E-state index is 13.9. The normalized spacial score (nSPS) is 11.8. The van der Waals surface area contributed by atoms with Crippen LogP contribution in [-0.4, -0.2) is 27.1 Å². The number of hydrogen-bond acceptors (Lipinski definition) is 7. The van der Waals surface area contributed by atoms with Crippen molar-refractivity contribution >= 4 is 38.7 Å². The van der Waals surface area contributed by atoms with Gasteiger partial charge in [0.2, 0.25) is 0 Å². The Bertz CT molecular complexity index is 1580. The van der Waals surface area contributed by atoms with Crippen molar-refractivity contribution in [2.75, 3.05) is 10.9 Å². The van der Waals surface area contributed by atoms with Crippen molar-refractivity contribution in [3.63, 3.8) is 0 Å². The molecule has 0 saturated heterocycles. The Kier molecular flexibility index (Phi) is 7.33. The van der Waals surface area contributed by atoms with Gasteiger partial charge in [-0.2, -0.15) is 4.31 Å². The van der Waals surface area contributed by atoms with Crippen molar-refractivity contribution in [3.8, 4) is 5.75 Å². The Balaban J connectivity index is 1.86. The Morgan fingerprint density at radius 1 is 0.947 bits per heavy atom. The maximum atomic E-state index is 13.9. The SMILES string of the molecule is CCOC(=O)c1c(C)oc2ccc(N(C(=O)Oc3ccccc3)S(=O)(=O)c3ccc(C(C)(C)C)cc3)cc12. The fourth-order valence-corrected chi connectivity index (χ4v) is 5.31. The minimum Gasteiger partial charge on any atom is -0.462 e. The molecule has 1 aromatic heterocycles. The number of para-hydroxylation sites is 1. The molecule has 198 valence electrons. The zero-order chi connectivity index (χ0) is 27.7. The molecule has 0 aliphatic rings. The lowest BCUT2D eigenvalue weighted by atomic mass is 9.87. The number of sulfonamides is 1. The lowest BCUT2D eigenvalue weighted by Crippen LogP contribution is -2.39. The van der Waals surface area contributed by atoms with Crippen molar-refractivity contribution < 1.29 is 31.9 Å². The molecule has 8 nitrogen and oxygen atoms in total. The highest BCUT2D eigenvalue weighted by molar-refractivity contribution is 7.93. The first kappa shape index (κ1) is 26.9. The van der Waals surface area contributed by atoms with E-state index in [0.29, 0.717) is 21.0 Å². The standard InChI is InChI=1S/C29H29NO7S/c1-6-35-27(31)26-19(2)36-25-17-14-21(18-24(25)26)30(28(32)37-22-10-8-7-9-11-22)38(33,34)23-15-12-20(13-16-23)29(3,4)5/h7-18H,6H2,1-5H3. The van der Waals surface area contributed by atoms with Gasteiger partial charge < -0.3 is 13.9 Å². The van der Waals surface area contributed by atoms with Crippen LogP contribution in [0.4, 0.5) is 10.5 Å². The average Bonchev–Trinajstić information content (AvgIpc) is 3.19. The number of carbonyl (C=O) groups excluding carboxylic acids is 2. The lowest BCUT2D eigenvalue weighted by Gasteiger charge is -2.23. The van der Waals surface area contributed by atoms with E-state index < -0.39 is 22.1 Å². The number of amides is 1. The largest absolute Gasteiger partial charge is 0.462 e. The summed E-state index contributed by atoms with van der Waals surface area (Å²) in [5.41, 5.74) is 1.22. The Morgan fingerprint density at radius 3 is 2.21 bits per heavy atom. The van der Waals surface area contributed by atoms with Gasteiger partial charge in [0.1, 0.15) is 22.7 Å². The predicted molar refractivity (Wildman–Crippen MR) is 144 cm³/mol. The molecule has 0 saturated carbocycles. The quantitative estimate of drug-likeness (QED) is 0.256. The molecule has 0 atom stereocenters. The number of nitrogens with zero attached hydrogens (tertiary/aromatic N) is 1. The molecule has 0 radical (unpaired) electrons. The first-order chi connectivity index (χ1) is 17.9. The topological polar surface area (TPSA) is 103 Å². The number of rotatable bonds is 6. The summed E-state index contributed by atoms with van der Waals surface area (Å²) in [6, 6.07) is 18.9. The van der Waals surface area contributed by atoms with E-state index in [2.05, 4.69) is 0 Å². The number of carbonyl (C=O) groups is 2. The highest BCUT2D eigenvalue weighted by Gasteiger charge is 2.34. The summed E-state index contributed by atoms with van der Waals surface area (Å²) in [6.07, 6.45) is -1.13. The average molecular weight is 536 g/mol. The number of aryl methyl sites for hydroxylation is 1. The second-order valence-electron chi connectivity index (χ2n) is 9.66. The third kappa shape index (κ3) is 5.28. The summed E-state index contributed by atoms with van der Waals surface area (Å²) >= 11 is 0. The lowest BCUT2D eigenvalue weighted by molar-refractivity contribution is 0.0526. The summed E-state index contributed by atoms with van der Waals surface area (Å²) in [5, 5.41) is 0.314. The summed E-state index contributed by atoms with van der Waals surface area (Å²) in [4.78, 5) is 26.0. The number of benzene rings is 3. The zero-order valence-corrected chi connectivity index (χ0v) is 22.7. The molecule has 3 aromatic carbocycles. The van der Waals surface area contributed by atoms with E-state index in [1.807, 2.05) is 20.8 Å². The number of esters is 1. The predicted octanol–water partition coefficient (Wildman–Crippen LogP) is 6.61. The fourth-order valence-electron chi connectivity index (χ4n) is 4.00. The monoisotopic (exact) mass is 535 g/mol. The van der Waals surface area contributed by atoms with E-state index >= 15 is 0 Å². The number of furan rings is 1. The van der Waals surface area contributed by atoms with Crippen LogP contribution in [0.2, 0.25) is 0 Å². The van der Waals surface area contributed by atoms with Crippen molar-refractivity contribution in [1.29, 1.82) is 0 Å². The van der Waals surface area contributed by atoms with Gasteiger partial charge in [-0.15, -0.1) is 0 Å². The number of ether oxygens (including phenoxy) is 2. The van der Waals surface area contributed by atoms with Crippen molar-refractivity contribution in [1.82, 2.24) is 0 Å². The fraction of sp³-hybridized carbons (Fsp3) is 0.241. The molecule has 0 bridgehead atoms. The van der Waals surface area contributed by atoms with Crippen molar-refractivity contribution in [2.45, 2.75) is 44.9 Å². The van der Waals surface area contributed by atoms with E-state index in [-0.39, 0.29) is 33.9 Å².